The summed E-state index contributed by atoms with van der Waals surface area (Å²) in [5.74, 6) is -1.66. The largest absolute Gasteiger partial charge is 0.463 e. The monoisotopic (exact) mass is 484 g/mol. The summed E-state index contributed by atoms with van der Waals surface area (Å²) in [4.78, 5) is 33.8. The number of ether oxygens (including phenoxy) is 5. The van der Waals surface area contributed by atoms with Crippen LogP contribution in [0.25, 0.3) is 6.08 Å². The lowest BCUT2D eigenvalue weighted by Gasteiger charge is -2.42. The van der Waals surface area contributed by atoms with Gasteiger partial charge in [-0.2, -0.15) is 0 Å². The average molecular weight is 485 g/mol. The van der Waals surface area contributed by atoms with E-state index in [9.17, 15) is 14.4 Å². The minimum absolute atomic E-state index is 0.190. The van der Waals surface area contributed by atoms with E-state index in [0.29, 0.717) is 0 Å². The normalized spacial score (nSPS) is 26.2. The maximum atomic E-state index is 11.6. The molecule has 30 heavy (non-hydrogen) atoms. The molecule has 0 radical (unpaired) electrons. The van der Waals surface area contributed by atoms with Crippen LogP contribution in [0.4, 0.5) is 0 Å². The van der Waals surface area contributed by atoms with Gasteiger partial charge in [0, 0.05) is 20.8 Å². The van der Waals surface area contributed by atoms with Gasteiger partial charge in [-0.05, 0) is 5.56 Å². The minimum atomic E-state index is -0.977. The number of carbonyl (C=O) groups is 3. The fraction of sp³-hybridized carbons (Fsp3) is 0.476. The summed E-state index contributed by atoms with van der Waals surface area (Å²) in [7, 11) is 0. The number of hydrogen-bond donors (Lipinski definition) is 0. The van der Waals surface area contributed by atoms with E-state index in [1.807, 2.05) is 42.5 Å². The smallest absolute Gasteiger partial charge is 0.303 e. The molecule has 1 aromatic rings. The Labute approximate surface area is 183 Å². The fourth-order valence-electron chi connectivity index (χ4n) is 2.89. The molecule has 0 N–H and O–H groups in total. The molecule has 0 spiro atoms. The SMILES string of the molecule is CC(=O)OC[C@H]1O[C@H](OC/C=C/c2ccccc2)[C@@H](Br)[C@@H](OC(C)=O)[C@@H]1OC(C)=O. The molecule has 5 atom stereocenters. The highest BCUT2D eigenvalue weighted by Crippen LogP contribution is 2.32. The van der Waals surface area contributed by atoms with Gasteiger partial charge >= 0.3 is 17.9 Å². The zero-order valence-corrected chi connectivity index (χ0v) is 18.6. The van der Waals surface area contributed by atoms with E-state index in [-0.39, 0.29) is 13.2 Å². The summed E-state index contributed by atoms with van der Waals surface area (Å²) in [6, 6.07) is 9.69. The molecule has 1 aliphatic heterocycles. The van der Waals surface area contributed by atoms with Crippen LogP contribution in [0, 0.1) is 0 Å². The van der Waals surface area contributed by atoms with Gasteiger partial charge in [0.1, 0.15) is 17.5 Å². The maximum Gasteiger partial charge on any atom is 0.303 e. The third-order valence-electron chi connectivity index (χ3n) is 4.09. The van der Waals surface area contributed by atoms with E-state index in [4.69, 9.17) is 23.7 Å². The molecule has 1 fully saturated rings. The van der Waals surface area contributed by atoms with Crippen LogP contribution in [-0.2, 0) is 38.1 Å². The van der Waals surface area contributed by atoms with Crippen molar-refractivity contribution in [2.75, 3.05) is 13.2 Å². The Morgan fingerprint density at radius 3 is 2.23 bits per heavy atom. The predicted octanol–water partition coefficient (Wildman–Crippen LogP) is 2.63. The molecule has 1 aromatic carbocycles. The molecule has 0 saturated carbocycles. The van der Waals surface area contributed by atoms with Crippen molar-refractivity contribution in [2.24, 2.45) is 0 Å². The number of esters is 3. The maximum absolute atomic E-state index is 11.6. The van der Waals surface area contributed by atoms with Crippen LogP contribution in [0.5, 0.6) is 0 Å². The first-order chi connectivity index (χ1) is 14.3. The zero-order chi connectivity index (χ0) is 22.1. The molecular formula is C21H25BrO8. The summed E-state index contributed by atoms with van der Waals surface area (Å²) in [5, 5.41) is 0. The van der Waals surface area contributed by atoms with Gasteiger partial charge in [-0.15, -0.1) is 0 Å². The molecule has 1 heterocycles. The number of carbonyl (C=O) groups excluding carboxylic acids is 3. The van der Waals surface area contributed by atoms with Gasteiger partial charge in [-0.3, -0.25) is 14.4 Å². The summed E-state index contributed by atoms with van der Waals surface area (Å²) < 4.78 is 27.4. The van der Waals surface area contributed by atoms with Crippen LogP contribution in [0.15, 0.2) is 36.4 Å². The molecule has 8 nitrogen and oxygen atoms in total. The molecule has 0 aliphatic carbocycles. The first kappa shape index (κ1) is 24.0. The van der Waals surface area contributed by atoms with E-state index in [2.05, 4.69) is 15.9 Å². The Kier molecular flexibility index (Phi) is 9.48. The predicted molar refractivity (Wildman–Crippen MR) is 111 cm³/mol. The highest BCUT2D eigenvalue weighted by molar-refractivity contribution is 9.09. The first-order valence-electron chi connectivity index (χ1n) is 9.38. The minimum Gasteiger partial charge on any atom is -0.463 e. The van der Waals surface area contributed by atoms with Crippen LogP contribution in [0.2, 0.25) is 0 Å². The van der Waals surface area contributed by atoms with Crippen LogP contribution in [0.3, 0.4) is 0 Å². The van der Waals surface area contributed by atoms with Crippen LogP contribution in [-0.4, -0.2) is 60.6 Å². The van der Waals surface area contributed by atoms with Gasteiger partial charge in [-0.1, -0.05) is 58.4 Å². The van der Waals surface area contributed by atoms with Crippen molar-refractivity contribution in [3.8, 4) is 0 Å². The molecule has 0 amide bonds. The zero-order valence-electron chi connectivity index (χ0n) is 17.0. The lowest BCUT2D eigenvalue weighted by atomic mass is 10.0. The van der Waals surface area contributed by atoms with Crippen molar-refractivity contribution in [3.05, 3.63) is 42.0 Å². The van der Waals surface area contributed by atoms with E-state index < -0.39 is 47.3 Å². The van der Waals surface area contributed by atoms with E-state index in [0.717, 1.165) is 5.56 Å². The van der Waals surface area contributed by atoms with Crippen LogP contribution < -0.4 is 0 Å². The topological polar surface area (TPSA) is 97.4 Å². The van der Waals surface area contributed by atoms with Gasteiger partial charge < -0.3 is 23.7 Å². The van der Waals surface area contributed by atoms with Crippen molar-refractivity contribution in [3.63, 3.8) is 0 Å². The summed E-state index contributed by atoms with van der Waals surface area (Å²) in [5.41, 5.74) is 1.02. The molecule has 1 saturated heterocycles. The molecular weight excluding hydrogens is 460 g/mol. The van der Waals surface area contributed by atoms with Crippen molar-refractivity contribution >= 4 is 39.9 Å². The summed E-state index contributed by atoms with van der Waals surface area (Å²) >= 11 is 3.43. The number of hydrogen-bond acceptors (Lipinski definition) is 8. The number of halogens is 1. The molecule has 9 heteroatoms. The summed E-state index contributed by atoms with van der Waals surface area (Å²) in [6.07, 6.45) is 0.117. The van der Waals surface area contributed by atoms with Crippen LogP contribution in [0.1, 0.15) is 26.3 Å². The molecule has 0 bridgehead atoms. The second kappa shape index (κ2) is 11.8. The third kappa shape index (κ3) is 7.55. The second-order valence-corrected chi connectivity index (χ2v) is 7.64. The van der Waals surface area contributed by atoms with Crippen molar-refractivity contribution < 1.29 is 38.1 Å². The Balaban J connectivity index is 2.12. The van der Waals surface area contributed by atoms with Gasteiger partial charge in [0.05, 0.1) is 6.61 Å². The van der Waals surface area contributed by atoms with Gasteiger partial charge in [0.2, 0.25) is 0 Å². The fourth-order valence-corrected chi connectivity index (χ4v) is 3.58. The van der Waals surface area contributed by atoms with E-state index >= 15 is 0 Å². The number of alkyl halides is 1. The van der Waals surface area contributed by atoms with Crippen LogP contribution >= 0.6 is 15.9 Å². The number of benzene rings is 1. The Morgan fingerprint density at radius 2 is 1.63 bits per heavy atom. The highest BCUT2D eigenvalue weighted by atomic mass is 79.9. The Bertz CT molecular complexity index is 751. The van der Waals surface area contributed by atoms with Crippen molar-refractivity contribution in [2.45, 2.75) is 50.2 Å². The lowest BCUT2D eigenvalue weighted by molar-refractivity contribution is -0.258. The molecule has 2 rings (SSSR count). The Morgan fingerprint density at radius 1 is 1.00 bits per heavy atom. The number of rotatable bonds is 8. The van der Waals surface area contributed by atoms with Gasteiger partial charge in [0.15, 0.2) is 18.5 Å². The highest BCUT2D eigenvalue weighted by Gasteiger charge is 2.49. The van der Waals surface area contributed by atoms with E-state index in [1.165, 1.54) is 20.8 Å². The first-order valence-corrected chi connectivity index (χ1v) is 10.3. The standard InChI is InChI=1S/C21H25BrO8/c1-13(23)27-12-17-19(28-14(2)24)20(29-15(3)25)18(22)21(30-17)26-11-7-10-16-8-5-4-6-9-16/h4-10,17-21H,11-12H2,1-3H3/b10-7+/t17-,18+,19-,20-,21+/m1/s1. The van der Waals surface area contributed by atoms with Gasteiger partial charge in [-0.25, -0.2) is 0 Å². The second-order valence-electron chi connectivity index (χ2n) is 6.58. The van der Waals surface area contributed by atoms with Gasteiger partial charge in [0.25, 0.3) is 0 Å². The molecule has 164 valence electrons. The molecule has 1 aliphatic rings. The average Bonchev–Trinajstić information content (AvgIpc) is 2.68. The van der Waals surface area contributed by atoms with E-state index in [1.54, 1.807) is 0 Å². The molecule has 0 unspecified atom stereocenters. The van der Waals surface area contributed by atoms with Crippen molar-refractivity contribution in [1.29, 1.82) is 0 Å². The summed E-state index contributed by atoms with van der Waals surface area (Å²) in [6.45, 7) is 3.76. The lowest BCUT2D eigenvalue weighted by Crippen LogP contribution is -2.60. The Hall–Kier alpha value is -2.23. The molecule has 0 aromatic heterocycles. The third-order valence-corrected chi connectivity index (χ3v) is 5.05. The quantitative estimate of drug-likeness (QED) is 0.315. The van der Waals surface area contributed by atoms with Crippen molar-refractivity contribution in [1.82, 2.24) is 0 Å².